The molecule has 0 saturated carbocycles. The highest BCUT2D eigenvalue weighted by molar-refractivity contribution is 4.83. The largest absolute Gasteiger partial charge is 0.388 e. The molecular formula is C6H12O4. The lowest BCUT2D eigenvalue weighted by molar-refractivity contribution is -0.181. The summed E-state index contributed by atoms with van der Waals surface area (Å²) in [5, 5.41) is 27.0. The Bertz CT molecular complexity index is 102. The van der Waals surface area contributed by atoms with Crippen LogP contribution in [0.3, 0.4) is 0 Å². The van der Waals surface area contributed by atoms with Crippen LogP contribution in [0.1, 0.15) is 6.92 Å². The molecule has 1 aliphatic rings. The van der Waals surface area contributed by atoms with Crippen molar-refractivity contribution in [1.29, 1.82) is 0 Å². The fourth-order valence-corrected chi connectivity index (χ4v) is 0.953. The molecule has 0 aromatic rings. The van der Waals surface area contributed by atoms with Gasteiger partial charge in [0.05, 0.1) is 12.7 Å². The maximum Gasteiger partial charge on any atom is 0.110 e. The van der Waals surface area contributed by atoms with Crippen molar-refractivity contribution in [2.24, 2.45) is 0 Å². The summed E-state index contributed by atoms with van der Waals surface area (Å²) >= 11 is 0. The van der Waals surface area contributed by atoms with E-state index in [0.29, 0.717) is 0 Å². The average Bonchev–Trinajstić information content (AvgIpc) is 1.93. The Morgan fingerprint density at radius 1 is 1.20 bits per heavy atom. The lowest BCUT2D eigenvalue weighted by atomic mass is 10.0. The predicted octanol–water partition coefficient (Wildman–Crippen LogP) is -1.51. The van der Waals surface area contributed by atoms with Crippen molar-refractivity contribution in [3.8, 4) is 0 Å². The molecule has 0 spiro atoms. The molecule has 1 aliphatic heterocycles. The molecule has 1 heterocycles. The Morgan fingerprint density at radius 3 is 2.30 bits per heavy atom. The van der Waals surface area contributed by atoms with Crippen LogP contribution in [-0.4, -0.2) is 46.3 Å². The summed E-state index contributed by atoms with van der Waals surface area (Å²) < 4.78 is 4.91. The Balaban J connectivity index is 2.52. The zero-order valence-corrected chi connectivity index (χ0v) is 5.77. The first-order valence-corrected chi connectivity index (χ1v) is 3.28. The van der Waals surface area contributed by atoms with E-state index in [2.05, 4.69) is 0 Å². The number of rotatable bonds is 0. The van der Waals surface area contributed by atoms with Crippen LogP contribution in [0.5, 0.6) is 0 Å². The first kappa shape index (κ1) is 7.94. The van der Waals surface area contributed by atoms with E-state index < -0.39 is 24.4 Å². The SMILES string of the molecule is CC1OC[C@@H](O)[C@@H](O)[C@H]1O. The van der Waals surface area contributed by atoms with E-state index in [0.717, 1.165) is 0 Å². The van der Waals surface area contributed by atoms with Gasteiger partial charge < -0.3 is 20.1 Å². The first-order chi connectivity index (χ1) is 4.63. The first-order valence-electron chi connectivity index (χ1n) is 3.28. The van der Waals surface area contributed by atoms with Crippen molar-refractivity contribution >= 4 is 0 Å². The summed E-state index contributed by atoms with van der Waals surface area (Å²) in [6, 6.07) is 0. The van der Waals surface area contributed by atoms with Crippen LogP contribution >= 0.6 is 0 Å². The Hall–Kier alpha value is -0.160. The summed E-state index contributed by atoms with van der Waals surface area (Å²) in [5.41, 5.74) is 0. The van der Waals surface area contributed by atoms with Gasteiger partial charge in [0.2, 0.25) is 0 Å². The van der Waals surface area contributed by atoms with E-state index in [1.54, 1.807) is 6.92 Å². The van der Waals surface area contributed by atoms with Crippen molar-refractivity contribution < 1.29 is 20.1 Å². The average molecular weight is 148 g/mol. The van der Waals surface area contributed by atoms with E-state index in [9.17, 15) is 0 Å². The molecule has 1 rings (SSSR count). The van der Waals surface area contributed by atoms with Crippen LogP contribution < -0.4 is 0 Å². The van der Waals surface area contributed by atoms with Crippen molar-refractivity contribution in [3.63, 3.8) is 0 Å². The van der Waals surface area contributed by atoms with Gasteiger partial charge in [0.1, 0.15) is 18.3 Å². The standard InChI is InChI=1S/C6H12O4/c1-3-5(8)6(9)4(7)2-10-3/h3-9H,2H2,1H3/t3?,4-,5+,6-/m1/s1. The molecule has 0 aromatic heterocycles. The Labute approximate surface area is 59.1 Å². The fraction of sp³-hybridized carbons (Fsp3) is 1.00. The van der Waals surface area contributed by atoms with Crippen LogP contribution in [0, 0.1) is 0 Å². The molecule has 4 atom stereocenters. The van der Waals surface area contributed by atoms with Gasteiger partial charge in [-0.15, -0.1) is 0 Å². The molecule has 0 aliphatic carbocycles. The second kappa shape index (κ2) is 2.84. The molecule has 4 heteroatoms. The Kier molecular flexibility index (Phi) is 2.25. The zero-order chi connectivity index (χ0) is 7.72. The number of aliphatic hydroxyl groups is 3. The molecule has 0 radical (unpaired) electrons. The third kappa shape index (κ3) is 1.29. The molecule has 1 unspecified atom stereocenters. The smallest absolute Gasteiger partial charge is 0.110 e. The number of ether oxygens (including phenoxy) is 1. The third-order valence-electron chi connectivity index (χ3n) is 1.75. The van der Waals surface area contributed by atoms with E-state index in [1.165, 1.54) is 0 Å². The fourth-order valence-electron chi connectivity index (χ4n) is 0.953. The molecule has 4 nitrogen and oxygen atoms in total. The normalized spacial score (nSPS) is 49.2. The van der Waals surface area contributed by atoms with E-state index in [4.69, 9.17) is 20.1 Å². The molecule has 0 amide bonds. The van der Waals surface area contributed by atoms with Gasteiger partial charge in [0.25, 0.3) is 0 Å². The summed E-state index contributed by atoms with van der Waals surface area (Å²) in [5.74, 6) is 0. The molecular weight excluding hydrogens is 136 g/mol. The molecule has 0 aromatic carbocycles. The van der Waals surface area contributed by atoms with Crippen LogP contribution in [0.25, 0.3) is 0 Å². The van der Waals surface area contributed by atoms with Gasteiger partial charge >= 0.3 is 0 Å². The van der Waals surface area contributed by atoms with Crippen molar-refractivity contribution in [3.05, 3.63) is 0 Å². The maximum absolute atomic E-state index is 9.08. The van der Waals surface area contributed by atoms with Gasteiger partial charge in [-0.1, -0.05) is 0 Å². The molecule has 0 bridgehead atoms. The summed E-state index contributed by atoms with van der Waals surface area (Å²) in [7, 11) is 0. The van der Waals surface area contributed by atoms with Crippen molar-refractivity contribution in [2.45, 2.75) is 31.3 Å². The molecule has 60 valence electrons. The summed E-state index contributed by atoms with van der Waals surface area (Å²) in [6.45, 7) is 1.75. The van der Waals surface area contributed by atoms with E-state index in [-0.39, 0.29) is 6.61 Å². The summed E-state index contributed by atoms with van der Waals surface area (Å²) in [4.78, 5) is 0. The second-order valence-electron chi connectivity index (χ2n) is 2.59. The summed E-state index contributed by atoms with van der Waals surface area (Å²) in [6.07, 6.45) is -3.38. The highest BCUT2D eigenvalue weighted by atomic mass is 16.5. The van der Waals surface area contributed by atoms with E-state index in [1.807, 2.05) is 0 Å². The minimum atomic E-state index is -1.07. The lowest BCUT2D eigenvalue weighted by Gasteiger charge is -2.33. The second-order valence-corrected chi connectivity index (χ2v) is 2.59. The van der Waals surface area contributed by atoms with Gasteiger partial charge in [0, 0.05) is 0 Å². The topological polar surface area (TPSA) is 69.9 Å². The number of hydrogen-bond acceptors (Lipinski definition) is 4. The molecule has 1 saturated heterocycles. The molecule has 3 N–H and O–H groups in total. The minimum absolute atomic E-state index is 0.0966. The van der Waals surface area contributed by atoms with Crippen LogP contribution in [0.2, 0.25) is 0 Å². The molecule has 10 heavy (non-hydrogen) atoms. The number of hydrogen-bond donors (Lipinski definition) is 3. The maximum atomic E-state index is 9.08. The van der Waals surface area contributed by atoms with Gasteiger partial charge in [-0.2, -0.15) is 0 Å². The van der Waals surface area contributed by atoms with E-state index >= 15 is 0 Å². The van der Waals surface area contributed by atoms with Crippen LogP contribution in [-0.2, 0) is 4.74 Å². The quantitative estimate of drug-likeness (QED) is 0.390. The van der Waals surface area contributed by atoms with Gasteiger partial charge in [-0.05, 0) is 6.92 Å². The van der Waals surface area contributed by atoms with Gasteiger partial charge in [-0.25, -0.2) is 0 Å². The Morgan fingerprint density at radius 2 is 1.80 bits per heavy atom. The zero-order valence-electron chi connectivity index (χ0n) is 5.77. The molecule has 1 fully saturated rings. The highest BCUT2D eigenvalue weighted by Gasteiger charge is 2.34. The third-order valence-corrected chi connectivity index (χ3v) is 1.75. The minimum Gasteiger partial charge on any atom is -0.388 e. The lowest BCUT2D eigenvalue weighted by Crippen LogP contribution is -2.51. The van der Waals surface area contributed by atoms with Crippen molar-refractivity contribution in [2.75, 3.05) is 6.61 Å². The van der Waals surface area contributed by atoms with Crippen molar-refractivity contribution in [1.82, 2.24) is 0 Å². The monoisotopic (exact) mass is 148 g/mol. The van der Waals surface area contributed by atoms with Crippen LogP contribution in [0.4, 0.5) is 0 Å². The van der Waals surface area contributed by atoms with Gasteiger partial charge in [-0.3, -0.25) is 0 Å². The number of aliphatic hydroxyl groups excluding tert-OH is 3. The highest BCUT2D eigenvalue weighted by Crippen LogP contribution is 2.14. The predicted molar refractivity (Wildman–Crippen MR) is 33.4 cm³/mol. The van der Waals surface area contributed by atoms with Gasteiger partial charge in [0.15, 0.2) is 0 Å². The van der Waals surface area contributed by atoms with Crippen LogP contribution in [0.15, 0.2) is 0 Å².